The predicted octanol–water partition coefficient (Wildman–Crippen LogP) is 1.88. The van der Waals surface area contributed by atoms with Crippen molar-refractivity contribution in [2.24, 2.45) is 0 Å². The van der Waals surface area contributed by atoms with Gasteiger partial charge in [-0.05, 0) is 19.1 Å². The second-order valence-electron chi connectivity index (χ2n) is 3.92. The molecule has 0 saturated carbocycles. The van der Waals surface area contributed by atoms with Gasteiger partial charge in [0.25, 0.3) is 0 Å². The number of ketones is 1. The summed E-state index contributed by atoms with van der Waals surface area (Å²) in [6.45, 7) is 2.88. The maximum Gasteiger partial charge on any atom is 0.211 e. The molecule has 0 aliphatic rings. The quantitative estimate of drug-likeness (QED) is 0.760. The molecule has 0 saturated heterocycles. The van der Waals surface area contributed by atoms with Gasteiger partial charge in [0.2, 0.25) is 5.43 Å². The molecule has 0 bridgehead atoms. The molecule has 1 heterocycles. The van der Waals surface area contributed by atoms with E-state index < -0.39 is 17.0 Å². The summed E-state index contributed by atoms with van der Waals surface area (Å²) in [7, 11) is 0. The van der Waals surface area contributed by atoms with Gasteiger partial charge in [-0.3, -0.25) is 9.59 Å². The van der Waals surface area contributed by atoms with Crippen molar-refractivity contribution in [1.29, 1.82) is 0 Å². The molecule has 0 unspecified atom stereocenters. The fraction of sp³-hybridized carbons (Fsp3) is 0.154. The highest BCUT2D eigenvalue weighted by Crippen LogP contribution is 2.12. The van der Waals surface area contributed by atoms with Crippen molar-refractivity contribution in [2.45, 2.75) is 13.8 Å². The smallest absolute Gasteiger partial charge is 0.211 e. The van der Waals surface area contributed by atoms with Crippen LogP contribution < -0.4 is 5.43 Å². The molecule has 0 aliphatic heterocycles. The Balaban J connectivity index is 2.73. The number of aromatic nitrogens is 2. The van der Waals surface area contributed by atoms with Gasteiger partial charge < -0.3 is 0 Å². The molecule has 0 spiro atoms. The van der Waals surface area contributed by atoms with Crippen molar-refractivity contribution in [1.82, 2.24) is 9.78 Å². The largest absolute Gasteiger partial charge is 0.293 e. The standard InChI is InChI=1S/C13H11FN2O2/c1-8-7-12(18)13(9(2)17)15-16(8)11-6-4-3-5-10(11)14/h3-7H,1-2H3. The zero-order valence-electron chi connectivity index (χ0n) is 9.98. The van der Waals surface area contributed by atoms with Crippen molar-refractivity contribution < 1.29 is 9.18 Å². The van der Waals surface area contributed by atoms with Crippen molar-refractivity contribution in [2.75, 3.05) is 0 Å². The zero-order chi connectivity index (χ0) is 13.3. The van der Waals surface area contributed by atoms with Crippen molar-refractivity contribution in [3.8, 4) is 5.69 Å². The van der Waals surface area contributed by atoms with E-state index in [1.54, 1.807) is 19.1 Å². The van der Waals surface area contributed by atoms with Gasteiger partial charge in [0, 0.05) is 18.7 Å². The van der Waals surface area contributed by atoms with E-state index in [4.69, 9.17) is 0 Å². The molecule has 0 N–H and O–H groups in total. The molecule has 5 heteroatoms. The van der Waals surface area contributed by atoms with Gasteiger partial charge in [0.05, 0.1) is 0 Å². The van der Waals surface area contributed by atoms with E-state index in [1.165, 1.54) is 29.8 Å². The monoisotopic (exact) mass is 246 g/mol. The first kappa shape index (κ1) is 12.2. The lowest BCUT2D eigenvalue weighted by molar-refractivity contribution is 0.101. The van der Waals surface area contributed by atoms with E-state index in [0.29, 0.717) is 5.69 Å². The van der Waals surface area contributed by atoms with E-state index in [2.05, 4.69) is 5.10 Å². The van der Waals surface area contributed by atoms with Crippen molar-refractivity contribution >= 4 is 5.78 Å². The molecule has 0 atom stereocenters. The Morgan fingerprint density at radius 1 is 1.33 bits per heavy atom. The average Bonchev–Trinajstić information content (AvgIpc) is 2.30. The molecule has 2 rings (SSSR count). The first-order valence-electron chi connectivity index (χ1n) is 5.37. The lowest BCUT2D eigenvalue weighted by Crippen LogP contribution is -2.21. The van der Waals surface area contributed by atoms with Crippen LogP contribution in [0.5, 0.6) is 0 Å². The van der Waals surface area contributed by atoms with Gasteiger partial charge in [-0.1, -0.05) is 12.1 Å². The normalized spacial score (nSPS) is 10.4. The lowest BCUT2D eigenvalue weighted by atomic mass is 10.2. The van der Waals surface area contributed by atoms with Crippen LogP contribution in [0.1, 0.15) is 23.1 Å². The van der Waals surface area contributed by atoms with E-state index in [-0.39, 0.29) is 11.4 Å². The Bertz CT molecular complexity index is 677. The highest BCUT2D eigenvalue weighted by Gasteiger charge is 2.13. The highest BCUT2D eigenvalue weighted by atomic mass is 19.1. The molecule has 0 fully saturated rings. The van der Waals surface area contributed by atoms with Crippen LogP contribution in [0.2, 0.25) is 0 Å². The molecular formula is C13H11FN2O2. The van der Waals surface area contributed by atoms with Gasteiger partial charge in [-0.2, -0.15) is 5.10 Å². The number of hydrogen-bond acceptors (Lipinski definition) is 3. The molecule has 92 valence electrons. The summed E-state index contributed by atoms with van der Waals surface area (Å²) < 4.78 is 14.9. The fourth-order valence-corrected chi connectivity index (χ4v) is 1.66. The van der Waals surface area contributed by atoms with Crippen LogP contribution in [0.15, 0.2) is 35.1 Å². The molecule has 0 aliphatic carbocycles. The van der Waals surface area contributed by atoms with Crippen molar-refractivity contribution in [3.05, 3.63) is 57.8 Å². The van der Waals surface area contributed by atoms with Crippen LogP contribution in [0.25, 0.3) is 5.69 Å². The summed E-state index contributed by atoms with van der Waals surface area (Å²) >= 11 is 0. The number of rotatable bonds is 2. The minimum Gasteiger partial charge on any atom is -0.293 e. The third-order valence-electron chi connectivity index (χ3n) is 2.52. The molecule has 4 nitrogen and oxygen atoms in total. The summed E-state index contributed by atoms with van der Waals surface area (Å²) in [5, 5.41) is 3.92. The van der Waals surface area contributed by atoms with Gasteiger partial charge in [-0.15, -0.1) is 0 Å². The fourth-order valence-electron chi connectivity index (χ4n) is 1.66. The van der Waals surface area contributed by atoms with E-state index in [9.17, 15) is 14.0 Å². The number of nitrogens with zero attached hydrogens (tertiary/aromatic N) is 2. The highest BCUT2D eigenvalue weighted by molar-refractivity contribution is 5.91. The summed E-state index contributed by atoms with van der Waals surface area (Å²) in [6.07, 6.45) is 0. The number of hydrogen-bond donors (Lipinski definition) is 0. The maximum atomic E-state index is 13.7. The minimum atomic E-state index is -0.466. The van der Waals surface area contributed by atoms with Crippen LogP contribution >= 0.6 is 0 Å². The molecule has 2 aromatic rings. The number of carbonyl (C=O) groups excluding carboxylic acids is 1. The van der Waals surface area contributed by atoms with Gasteiger partial charge >= 0.3 is 0 Å². The van der Waals surface area contributed by atoms with Gasteiger partial charge in [0.15, 0.2) is 11.5 Å². The van der Waals surface area contributed by atoms with Gasteiger partial charge in [0.1, 0.15) is 11.5 Å². The Morgan fingerprint density at radius 3 is 2.61 bits per heavy atom. The Hall–Kier alpha value is -2.30. The second kappa shape index (κ2) is 4.52. The van der Waals surface area contributed by atoms with Crippen LogP contribution in [0, 0.1) is 12.7 Å². The first-order chi connectivity index (χ1) is 8.50. The Morgan fingerprint density at radius 2 is 2.00 bits per heavy atom. The second-order valence-corrected chi connectivity index (χ2v) is 3.92. The first-order valence-corrected chi connectivity index (χ1v) is 5.37. The summed E-state index contributed by atoms with van der Waals surface area (Å²) in [5.41, 5.74) is 0.0315. The molecule has 18 heavy (non-hydrogen) atoms. The van der Waals surface area contributed by atoms with Crippen LogP contribution in [-0.2, 0) is 0 Å². The van der Waals surface area contributed by atoms with E-state index >= 15 is 0 Å². The number of Topliss-reactive ketones (excluding diaryl/α,β-unsaturated/α-hetero) is 1. The van der Waals surface area contributed by atoms with Gasteiger partial charge in [-0.25, -0.2) is 9.07 Å². The van der Waals surface area contributed by atoms with Crippen LogP contribution in [-0.4, -0.2) is 15.6 Å². The molecule has 0 radical (unpaired) electrons. The SMILES string of the molecule is CC(=O)c1nn(-c2ccccc2F)c(C)cc1=O. The average molecular weight is 246 g/mol. The number of benzene rings is 1. The van der Waals surface area contributed by atoms with E-state index in [0.717, 1.165) is 0 Å². The molecule has 1 aromatic heterocycles. The predicted molar refractivity (Wildman–Crippen MR) is 64.5 cm³/mol. The Labute approximate surface area is 103 Å². The maximum absolute atomic E-state index is 13.7. The summed E-state index contributed by atoms with van der Waals surface area (Å²) in [4.78, 5) is 22.8. The lowest BCUT2D eigenvalue weighted by Gasteiger charge is -2.10. The van der Waals surface area contributed by atoms with Crippen molar-refractivity contribution in [3.63, 3.8) is 0 Å². The number of aryl methyl sites for hydroxylation is 1. The number of halogens is 1. The molecule has 1 aromatic carbocycles. The zero-order valence-corrected chi connectivity index (χ0v) is 9.98. The summed E-state index contributed by atoms with van der Waals surface area (Å²) in [6, 6.07) is 7.32. The third-order valence-corrected chi connectivity index (χ3v) is 2.52. The summed E-state index contributed by atoms with van der Waals surface area (Å²) in [5.74, 6) is -0.906. The minimum absolute atomic E-state index is 0.191. The van der Waals surface area contributed by atoms with E-state index in [1.807, 2.05) is 0 Å². The number of carbonyl (C=O) groups is 1. The molecular weight excluding hydrogens is 235 g/mol. The Kier molecular flexibility index (Phi) is 3.06. The van der Waals surface area contributed by atoms with Crippen LogP contribution in [0.4, 0.5) is 4.39 Å². The third kappa shape index (κ3) is 2.07. The number of para-hydroxylation sites is 1. The topological polar surface area (TPSA) is 52.0 Å². The molecule has 0 amide bonds. The van der Waals surface area contributed by atoms with Crippen LogP contribution in [0.3, 0.4) is 0 Å².